The minimum atomic E-state index is -0.692. The maximum Gasteiger partial charge on any atom is 0.295 e. The third-order valence-electron chi connectivity index (χ3n) is 5.80. The molecular weight excluding hydrogens is 418 g/mol. The van der Waals surface area contributed by atoms with Crippen LogP contribution < -0.4 is 4.74 Å². The summed E-state index contributed by atoms with van der Waals surface area (Å²) in [5.74, 6) is -0.771. The fourth-order valence-corrected chi connectivity index (χ4v) is 4.02. The molecule has 0 radical (unpaired) electrons. The minimum Gasteiger partial charge on any atom is -0.507 e. The average Bonchev–Trinajstić information content (AvgIpc) is 3.07. The molecule has 0 bridgehead atoms. The van der Waals surface area contributed by atoms with Gasteiger partial charge < -0.3 is 19.5 Å². The molecule has 1 amide bonds. The molecule has 1 unspecified atom stereocenters. The Morgan fingerprint density at radius 3 is 2.48 bits per heavy atom. The minimum absolute atomic E-state index is 0.101. The topological polar surface area (TPSA) is 76.1 Å². The van der Waals surface area contributed by atoms with E-state index in [2.05, 4.69) is 6.92 Å². The number of ketones is 1. The van der Waals surface area contributed by atoms with Crippen LogP contribution in [0.4, 0.5) is 0 Å². The van der Waals surface area contributed by atoms with Crippen molar-refractivity contribution in [3.63, 3.8) is 0 Å². The molecule has 1 atom stereocenters. The molecule has 0 aliphatic carbocycles. The Labute approximate surface area is 195 Å². The third-order valence-corrected chi connectivity index (χ3v) is 5.80. The summed E-state index contributed by atoms with van der Waals surface area (Å²) >= 11 is 0. The molecule has 2 aromatic rings. The molecular formula is C27H33NO5. The predicted molar refractivity (Wildman–Crippen MR) is 128 cm³/mol. The van der Waals surface area contributed by atoms with Crippen molar-refractivity contribution >= 4 is 17.4 Å². The van der Waals surface area contributed by atoms with Gasteiger partial charge in [-0.15, -0.1) is 0 Å². The van der Waals surface area contributed by atoms with E-state index in [9.17, 15) is 14.7 Å². The van der Waals surface area contributed by atoms with Crippen LogP contribution in [-0.4, -0.2) is 48.6 Å². The molecule has 6 heteroatoms. The Kier molecular flexibility index (Phi) is 8.66. The first kappa shape index (κ1) is 24.5. The van der Waals surface area contributed by atoms with E-state index in [1.54, 1.807) is 19.2 Å². The number of aryl methyl sites for hydroxylation is 1. The van der Waals surface area contributed by atoms with Gasteiger partial charge in [0.2, 0.25) is 0 Å². The average molecular weight is 452 g/mol. The maximum absolute atomic E-state index is 13.1. The number of hydrogen-bond donors (Lipinski definition) is 1. The van der Waals surface area contributed by atoms with Crippen LogP contribution in [0.5, 0.6) is 5.75 Å². The number of unbranched alkanes of at least 4 members (excludes halogenated alkanes) is 2. The van der Waals surface area contributed by atoms with E-state index in [1.807, 2.05) is 43.3 Å². The van der Waals surface area contributed by atoms with Crippen molar-refractivity contribution in [3.05, 3.63) is 70.8 Å². The summed E-state index contributed by atoms with van der Waals surface area (Å²) in [6, 6.07) is 14.0. The molecule has 1 aliphatic rings. The maximum atomic E-state index is 13.1. The van der Waals surface area contributed by atoms with Gasteiger partial charge in [-0.25, -0.2) is 0 Å². The van der Waals surface area contributed by atoms with E-state index in [0.717, 1.165) is 30.4 Å². The lowest BCUT2D eigenvalue weighted by Gasteiger charge is -2.25. The summed E-state index contributed by atoms with van der Waals surface area (Å²) in [7, 11) is 1.60. The highest BCUT2D eigenvalue weighted by Gasteiger charge is 2.45. The zero-order valence-corrected chi connectivity index (χ0v) is 19.7. The standard InChI is InChI=1S/C27H33NO5/c1-4-5-6-17-33-22-10-7-9-21(18-22)24-23(25(29)20-13-11-19(2)12-14-20)26(30)27(31)28(24)15-8-16-32-3/h7,9-14,18,24,29H,4-6,8,15-17H2,1-3H3. The molecule has 6 nitrogen and oxygen atoms in total. The van der Waals surface area contributed by atoms with Gasteiger partial charge in [0.25, 0.3) is 11.7 Å². The number of carbonyl (C=O) groups excluding carboxylic acids is 2. The van der Waals surface area contributed by atoms with Crippen LogP contribution in [0.2, 0.25) is 0 Å². The highest BCUT2D eigenvalue weighted by Crippen LogP contribution is 2.40. The van der Waals surface area contributed by atoms with E-state index < -0.39 is 17.7 Å². The Morgan fingerprint density at radius 2 is 1.79 bits per heavy atom. The van der Waals surface area contributed by atoms with E-state index >= 15 is 0 Å². The number of hydrogen-bond acceptors (Lipinski definition) is 5. The summed E-state index contributed by atoms with van der Waals surface area (Å²) in [5, 5.41) is 11.1. The van der Waals surface area contributed by atoms with Gasteiger partial charge in [0.1, 0.15) is 11.5 Å². The first-order valence-electron chi connectivity index (χ1n) is 11.5. The Balaban J connectivity index is 2.01. The number of likely N-dealkylation sites (tertiary alicyclic amines) is 1. The zero-order chi connectivity index (χ0) is 23.8. The van der Waals surface area contributed by atoms with Gasteiger partial charge >= 0.3 is 0 Å². The Bertz CT molecular complexity index is 996. The first-order chi connectivity index (χ1) is 16.0. The molecule has 33 heavy (non-hydrogen) atoms. The molecule has 1 fully saturated rings. The van der Waals surface area contributed by atoms with Crippen molar-refractivity contribution < 1.29 is 24.2 Å². The number of Topliss-reactive ketones (excluding diaryl/α,β-unsaturated/α-hetero) is 1. The summed E-state index contributed by atoms with van der Waals surface area (Å²) in [4.78, 5) is 27.6. The smallest absolute Gasteiger partial charge is 0.295 e. The second-order valence-electron chi connectivity index (χ2n) is 8.33. The molecule has 1 aliphatic heterocycles. The van der Waals surface area contributed by atoms with E-state index in [0.29, 0.717) is 37.5 Å². The van der Waals surface area contributed by atoms with Crippen LogP contribution in [0, 0.1) is 6.92 Å². The van der Waals surface area contributed by atoms with Crippen LogP contribution in [0.1, 0.15) is 55.3 Å². The van der Waals surface area contributed by atoms with Crippen LogP contribution in [0.3, 0.4) is 0 Å². The van der Waals surface area contributed by atoms with E-state index in [4.69, 9.17) is 9.47 Å². The second-order valence-corrected chi connectivity index (χ2v) is 8.33. The monoisotopic (exact) mass is 451 g/mol. The molecule has 2 aromatic carbocycles. The summed E-state index contributed by atoms with van der Waals surface area (Å²) in [5.41, 5.74) is 2.38. The largest absolute Gasteiger partial charge is 0.507 e. The number of methoxy groups -OCH3 is 1. The third kappa shape index (κ3) is 5.82. The molecule has 3 rings (SSSR count). The van der Waals surface area contributed by atoms with Gasteiger partial charge in [0.05, 0.1) is 18.2 Å². The first-order valence-corrected chi connectivity index (χ1v) is 11.5. The lowest BCUT2D eigenvalue weighted by Crippen LogP contribution is -2.31. The number of nitrogens with zero attached hydrogens (tertiary/aromatic N) is 1. The summed E-state index contributed by atoms with van der Waals surface area (Å²) in [6.07, 6.45) is 3.75. The second kappa shape index (κ2) is 11.7. The number of benzene rings is 2. The van der Waals surface area contributed by atoms with Gasteiger partial charge in [-0.3, -0.25) is 9.59 Å². The molecule has 0 saturated carbocycles. The number of ether oxygens (including phenoxy) is 2. The van der Waals surface area contributed by atoms with E-state index in [-0.39, 0.29) is 11.3 Å². The fraction of sp³-hybridized carbons (Fsp3) is 0.407. The van der Waals surface area contributed by atoms with Gasteiger partial charge in [0, 0.05) is 25.8 Å². The fourth-order valence-electron chi connectivity index (χ4n) is 4.02. The normalized spacial score (nSPS) is 17.5. The van der Waals surface area contributed by atoms with Crippen molar-refractivity contribution in [2.45, 2.75) is 45.6 Å². The quantitative estimate of drug-likeness (QED) is 0.225. The molecule has 1 N–H and O–H groups in total. The summed E-state index contributed by atoms with van der Waals surface area (Å²) in [6.45, 7) is 5.50. The molecule has 176 valence electrons. The Morgan fingerprint density at radius 1 is 1.03 bits per heavy atom. The van der Waals surface area contributed by atoms with Gasteiger partial charge in [-0.05, 0) is 37.5 Å². The number of amides is 1. The van der Waals surface area contributed by atoms with Crippen molar-refractivity contribution in [1.82, 2.24) is 4.90 Å². The van der Waals surface area contributed by atoms with Crippen LogP contribution in [0.25, 0.3) is 5.76 Å². The van der Waals surface area contributed by atoms with Crippen molar-refractivity contribution in [2.75, 3.05) is 26.9 Å². The van der Waals surface area contributed by atoms with Crippen molar-refractivity contribution in [1.29, 1.82) is 0 Å². The molecule has 0 aromatic heterocycles. The molecule has 1 heterocycles. The highest BCUT2D eigenvalue weighted by atomic mass is 16.5. The Hall–Kier alpha value is -3.12. The van der Waals surface area contributed by atoms with Crippen LogP contribution in [-0.2, 0) is 14.3 Å². The van der Waals surface area contributed by atoms with Gasteiger partial charge in [-0.2, -0.15) is 0 Å². The molecule has 1 saturated heterocycles. The predicted octanol–water partition coefficient (Wildman–Crippen LogP) is 5.02. The SMILES string of the molecule is CCCCCOc1cccc(C2C(=C(O)c3ccc(C)cc3)C(=O)C(=O)N2CCCOC)c1. The van der Waals surface area contributed by atoms with Crippen LogP contribution in [0.15, 0.2) is 54.1 Å². The molecule has 0 spiro atoms. The number of carbonyl (C=O) groups is 2. The number of aliphatic hydroxyl groups is 1. The van der Waals surface area contributed by atoms with Gasteiger partial charge in [-0.1, -0.05) is 61.7 Å². The number of aliphatic hydroxyl groups excluding tert-OH is 1. The lowest BCUT2D eigenvalue weighted by atomic mass is 9.95. The number of rotatable bonds is 11. The van der Waals surface area contributed by atoms with Crippen molar-refractivity contribution in [2.24, 2.45) is 0 Å². The van der Waals surface area contributed by atoms with Crippen LogP contribution >= 0.6 is 0 Å². The summed E-state index contributed by atoms with van der Waals surface area (Å²) < 4.78 is 11.0. The van der Waals surface area contributed by atoms with Gasteiger partial charge in [0.15, 0.2) is 0 Å². The zero-order valence-electron chi connectivity index (χ0n) is 19.7. The lowest BCUT2D eigenvalue weighted by molar-refractivity contribution is -0.140. The van der Waals surface area contributed by atoms with E-state index in [1.165, 1.54) is 4.90 Å². The van der Waals surface area contributed by atoms with Crippen molar-refractivity contribution in [3.8, 4) is 5.75 Å². The highest BCUT2D eigenvalue weighted by molar-refractivity contribution is 6.46.